The van der Waals surface area contributed by atoms with Crippen LogP contribution in [0.1, 0.15) is 6.92 Å². The minimum Gasteiger partial charge on any atom is -0.495 e. The van der Waals surface area contributed by atoms with Gasteiger partial charge in [0.15, 0.2) is 5.69 Å². The van der Waals surface area contributed by atoms with E-state index >= 15 is 0 Å². The van der Waals surface area contributed by atoms with Crippen molar-refractivity contribution in [3.8, 4) is 17.3 Å². The first-order valence-electron chi connectivity index (χ1n) is 10.7. The summed E-state index contributed by atoms with van der Waals surface area (Å²) in [6.45, 7) is 3.36. The topological polar surface area (TPSA) is 89.5 Å². The number of fused-ring (bicyclic) bond motifs is 1. The lowest BCUT2D eigenvalue weighted by molar-refractivity contribution is -0.134. The van der Waals surface area contributed by atoms with Crippen molar-refractivity contribution in [2.75, 3.05) is 31.6 Å². The van der Waals surface area contributed by atoms with Crippen LogP contribution in [0.25, 0.3) is 22.6 Å². The van der Waals surface area contributed by atoms with Crippen LogP contribution in [0.4, 0.5) is 10.1 Å². The molecular formula is C23H22ClFN6O3. The summed E-state index contributed by atoms with van der Waals surface area (Å²) in [5, 5.41) is 4.78. The minimum absolute atomic E-state index is 0.0381. The van der Waals surface area contributed by atoms with Crippen LogP contribution in [0.3, 0.4) is 0 Å². The van der Waals surface area contributed by atoms with E-state index in [2.05, 4.69) is 15.1 Å². The summed E-state index contributed by atoms with van der Waals surface area (Å²) in [5.74, 6) is 0.239. The van der Waals surface area contributed by atoms with Crippen LogP contribution < -0.4 is 9.64 Å². The van der Waals surface area contributed by atoms with E-state index in [1.807, 2.05) is 17.9 Å². The van der Waals surface area contributed by atoms with Crippen LogP contribution in [0.15, 0.2) is 47.3 Å². The fourth-order valence-electron chi connectivity index (χ4n) is 4.30. The van der Waals surface area contributed by atoms with Gasteiger partial charge in [-0.05, 0) is 25.1 Å². The molecule has 1 aliphatic rings. The molecule has 0 N–H and O–H groups in total. The highest BCUT2D eigenvalue weighted by Crippen LogP contribution is 2.33. The van der Waals surface area contributed by atoms with E-state index in [0.717, 1.165) is 0 Å². The summed E-state index contributed by atoms with van der Waals surface area (Å²) in [7, 11) is 1.49. The number of rotatable bonds is 5. The quantitative estimate of drug-likeness (QED) is 0.427. The first kappa shape index (κ1) is 22.1. The Morgan fingerprint density at radius 3 is 2.88 bits per heavy atom. The van der Waals surface area contributed by atoms with E-state index in [9.17, 15) is 9.18 Å². The first-order valence-corrected chi connectivity index (χ1v) is 11.1. The van der Waals surface area contributed by atoms with Crippen molar-refractivity contribution in [1.29, 1.82) is 0 Å². The predicted molar refractivity (Wildman–Crippen MR) is 124 cm³/mol. The van der Waals surface area contributed by atoms with Crippen molar-refractivity contribution in [2.45, 2.75) is 19.5 Å². The van der Waals surface area contributed by atoms with Crippen molar-refractivity contribution >= 4 is 34.2 Å². The van der Waals surface area contributed by atoms with E-state index in [1.54, 1.807) is 27.9 Å². The standard InChI is InChI=1S/C23H22ClFN6O3/c1-14-12-29(18-11-19(33-2)15(24)10-16(18)25)7-8-30(14)20(32)13-31-17-4-3-5-26-21(17)22(28-31)23-27-6-9-34-23/h3-6,9-11,14H,7-8,12-13H2,1-2H3/t14-/m0/s1. The molecule has 11 heteroatoms. The lowest BCUT2D eigenvalue weighted by Crippen LogP contribution is -2.55. The van der Waals surface area contributed by atoms with Gasteiger partial charge in [0.05, 0.1) is 29.5 Å². The van der Waals surface area contributed by atoms with Crippen molar-refractivity contribution in [3.05, 3.63) is 53.8 Å². The average Bonchev–Trinajstić information content (AvgIpc) is 3.48. The third-order valence-electron chi connectivity index (χ3n) is 5.94. The van der Waals surface area contributed by atoms with Gasteiger partial charge in [0.25, 0.3) is 0 Å². The van der Waals surface area contributed by atoms with Gasteiger partial charge in [-0.15, -0.1) is 0 Å². The van der Waals surface area contributed by atoms with Gasteiger partial charge in [0, 0.05) is 37.9 Å². The number of methoxy groups -OCH3 is 1. The van der Waals surface area contributed by atoms with Crippen LogP contribution in [-0.2, 0) is 11.3 Å². The van der Waals surface area contributed by atoms with Gasteiger partial charge in [0.1, 0.15) is 29.9 Å². The highest BCUT2D eigenvalue weighted by atomic mass is 35.5. The third kappa shape index (κ3) is 3.94. The lowest BCUT2D eigenvalue weighted by atomic mass is 10.1. The number of hydrogen-bond donors (Lipinski definition) is 0. The Hall–Kier alpha value is -3.66. The Labute approximate surface area is 199 Å². The number of hydrogen-bond acceptors (Lipinski definition) is 7. The number of piperazine rings is 1. The van der Waals surface area contributed by atoms with Crippen molar-refractivity contribution in [2.24, 2.45) is 0 Å². The third-order valence-corrected chi connectivity index (χ3v) is 6.23. The second-order valence-corrected chi connectivity index (χ2v) is 8.44. The molecule has 176 valence electrons. The molecule has 1 fully saturated rings. The smallest absolute Gasteiger partial charge is 0.249 e. The van der Waals surface area contributed by atoms with Crippen LogP contribution in [0.5, 0.6) is 5.75 Å². The van der Waals surface area contributed by atoms with Crippen molar-refractivity contribution in [1.82, 2.24) is 24.6 Å². The number of benzene rings is 1. The molecule has 1 atom stereocenters. The molecule has 0 aliphatic carbocycles. The Balaban J connectivity index is 1.34. The van der Waals surface area contributed by atoms with E-state index in [4.69, 9.17) is 20.8 Å². The molecule has 0 radical (unpaired) electrons. The SMILES string of the molecule is COc1cc(N2CCN(C(=O)Cn3nc(-c4ncco4)c4ncccc43)[C@@H](C)C2)c(F)cc1Cl. The number of halogens is 2. The molecule has 0 saturated carbocycles. The van der Waals surface area contributed by atoms with E-state index in [0.29, 0.717) is 53.7 Å². The molecule has 5 rings (SSSR count). The fraction of sp³-hybridized carbons (Fsp3) is 0.304. The minimum atomic E-state index is -0.424. The molecule has 9 nitrogen and oxygen atoms in total. The number of oxazole rings is 1. The molecule has 34 heavy (non-hydrogen) atoms. The number of amides is 1. The Bertz CT molecular complexity index is 1340. The van der Waals surface area contributed by atoms with Gasteiger partial charge in [-0.2, -0.15) is 5.10 Å². The molecule has 0 unspecified atom stereocenters. The second-order valence-electron chi connectivity index (χ2n) is 8.03. The van der Waals surface area contributed by atoms with Crippen molar-refractivity contribution < 1.29 is 18.3 Å². The van der Waals surface area contributed by atoms with Gasteiger partial charge < -0.3 is 19.0 Å². The first-order chi connectivity index (χ1) is 16.5. The molecular weight excluding hydrogens is 463 g/mol. The summed E-state index contributed by atoms with van der Waals surface area (Å²) in [4.78, 5) is 25.5. The molecule has 1 saturated heterocycles. The number of pyridine rings is 1. The zero-order valence-electron chi connectivity index (χ0n) is 18.6. The fourth-order valence-corrected chi connectivity index (χ4v) is 4.53. The normalized spacial score (nSPS) is 16.3. The highest BCUT2D eigenvalue weighted by Gasteiger charge is 2.30. The van der Waals surface area contributed by atoms with Gasteiger partial charge in [-0.3, -0.25) is 14.5 Å². The molecule has 1 aromatic carbocycles. The Morgan fingerprint density at radius 1 is 1.29 bits per heavy atom. The zero-order valence-corrected chi connectivity index (χ0v) is 19.4. The van der Waals surface area contributed by atoms with Gasteiger partial charge in [0.2, 0.25) is 11.8 Å². The number of ether oxygens (including phenoxy) is 1. The van der Waals surface area contributed by atoms with Gasteiger partial charge in [-0.1, -0.05) is 11.6 Å². The van der Waals surface area contributed by atoms with Crippen LogP contribution in [0, 0.1) is 5.82 Å². The monoisotopic (exact) mass is 484 g/mol. The number of carbonyl (C=O) groups excluding carboxylic acids is 1. The highest BCUT2D eigenvalue weighted by molar-refractivity contribution is 6.32. The largest absolute Gasteiger partial charge is 0.495 e. The van der Waals surface area contributed by atoms with E-state index in [-0.39, 0.29) is 23.5 Å². The van der Waals surface area contributed by atoms with Crippen molar-refractivity contribution in [3.63, 3.8) is 0 Å². The van der Waals surface area contributed by atoms with E-state index < -0.39 is 5.82 Å². The number of nitrogens with zero attached hydrogens (tertiary/aromatic N) is 6. The number of aromatic nitrogens is 4. The maximum Gasteiger partial charge on any atom is 0.249 e. The lowest BCUT2D eigenvalue weighted by Gasteiger charge is -2.41. The summed E-state index contributed by atoms with van der Waals surface area (Å²) in [6, 6.07) is 6.34. The molecule has 0 bridgehead atoms. The van der Waals surface area contributed by atoms with Crippen LogP contribution in [-0.4, -0.2) is 63.3 Å². The molecule has 3 aromatic heterocycles. The Kier molecular flexibility index (Phi) is 5.82. The Morgan fingerprint density at radius 2 is 2.15 bits per heavy atom. The van der Waals surface area contributed by atoms with Crippen LogP contribution >= 0.6 is 11.6 Å². The summed E-state index contributed by atoms with van der Waals surface area (Å²) in [6.07, 6.45) is 4.66. The molecule has 1 aliphatic heterocycles. The maximum absolute atomic E-state index is 14.6. The summed E-state index contributed by atoms with van der Waals surface area (Å²) >= 11 is 6.03. The zero-order chi connectivity index (χ0) is 23.8. The van der Waals surface area contributed by atoms with Gasteiger partial charge >= 0.3 is 0 Å². The van der Waals surface area contributed by atoms with Crippen LogP contribution in [0.2, 0.25) is 5.02 Å². The number of anilines is 1. The van der Waals surface area contributed by atoms with Gasteiger partial charge in [-0.25, -0.2) is 9.37 Å². The summed E-state index contributed by atoms with van der Waals surface area (Å²) < 4.78 is 26.8. The second kappa shape index (κ2) is 8.94. The molecule has 1 amide bonds. The number of carbonyl (C=O) groups is 1. The maximum atomic E-state index is 14.6. The molecule has 0 spiro atoms. The molecule has 4 aromatic rings. The summed E-state index contributed by atoms with van der Waals surface area (Å²) in [5.41, 5.74) is 2.21. The predicted octanol–water partition coefficient (Wildman–Crippen LogP) is 3.62. The average molecular weight is 485 g/mol. The van der Waals surface area contributed by atoms with E-state index in [1.165, 1.54) is 25.6 Å². The molecule has 4 heterocycles.